The standard InChI is InChI=1S/C16H13N3O4/c1-9-12(7-10-3-5-11(17)6-4-10)15(22)19(8-13(20)21)16(23)14(9)18-2/h3-7H,8,17H2,1H3,(H,20,21)/b12-7-. The Morgan fingerprint density at radius 1 is 1.30 bits per heavy atom. The largest absolute Gasteiger partial charge is 0.480 e. The van der Waals surface area contributed by atoms with Gasteiger partial charge in [-0.05, 0) is 36.3 Å². The second kappa shape index (κ2) is 6.15. The van der Waals surface area contributed by atoms with E-state index in [2.05, 4.69) is 4.85 Å². The molecule has 0 saturated heterocycles. The normalized spacial score (nSPS) is 16.7. The van der Waals surface area contributed by atoms with Gasteiger partial charge in [0.15, 0.2) is 0 Å². The van der Waals surface area contributed by atoms with E-state index in [0.29, 0.717) is 16.2 Å². The molecule has 0 radical (unpaired) electrons. The van der Waals surface area contributed by atoms with Crippen molar-refractivity contribution in [3.8, 4) is 0 Å². The Morgan fingerprint density at radius 3 is 2.43 bits per heavy atom. The zero-order valence-corrected chi connectivity index (χ0v) is 12.2. The third kappa shape index (κ3) is 3.11. The number of carboxylic acids is 1. The zero-order valence-electron chi connectivity index (χ0n) is 12.2. The van der Waals surface area contributed by atoms with Crippen LogP contribution in [0.15, 0.2) is 41.1 Å². The van der Waals surface area contributed by atoms with Crippen molar-refractivity contribution in [3.63, 3.8) is 0 Å². The van der Waals surface area contributed by atoms with Gasteiger partial charge >= 0.3 is 5.97 Å². The number of amides is 2. The minimum absolute atomic E-state index is 0.113. The quantitative estimate of drug-likeness (QED) is 0.379. The summed E-state index contributed by atoms with van der Waals surface area (Å²) in [6, 6.07) is 6.65. The number of aliphatic carboxylic acids is 1. The molecule has 0 fully saturated rings. The molecule has 2 amide bonds. The first-order chi connectivity index (χ1) is 10.8. The van der Waals surface area contributed by atoms with Gasteiger partial charge in [0.05, 0.1) is 6.57 Å². The summed E-state index contributed by atoms with van der Waals surface area (Å²) in [6.45, 7) is 7.81. The number of hydrogen-bond donors (Lipinski definition) is 2. The number of nitrogens with two attached hydrogens (primary N) is 1. The highest BCUT2D eigenvalue weighted by Crippen LogP contribution is 2.27. The third-order valence-corrected chi connectivity index (χ3v) is 3.34. The van der Waals surface area contributed by atoms with Crippen LogP contribution in [0, 0.1) is 6.57 Å². The Balaban J connectivity index is 2.56. The van der Waals surface area contributed by atoms with Gasteiger partial charge in [0.25, 0.3) is 17.5 Å². The van der Waals surface area contributed by atoms with E-state index in [4.69, 9.17) is 17.4 Å². The molecule has 1 aliphatic rings. The van der Waals surface area contributed by atoms with E-state index in [-0.39, 0.29) is 16.8 Å². The Labute approximate surface area is 132 Å². The number of benzene rings is 1. The first kappa shape index (κ1) is 16.0. The summed E-state index contributed by atoms with van der Waals surface area (Å²) in [6.07, 6.45) is 1.50. The lowest BCUT2D eigenvalue weighted by atomic mass is 9.96. The van der Waals surface area contributed by atoms with Gasteiger partial charge in [-0.25, -0.2) is 4.85 Å². The number of anilines is 1. The van der Waals surface area contributed by atoms with Crippen LogP contribution < -0.4 is 5.73 Å². The van der Waals surface area contributed by atoms with Gasteiger partial charge in [-0.3, -0.25) is 19.3 Å². The van der Waals surface area contributed by atoms with Crippen LogP contribution >= 0.6 is 0 Å². The maximum absolute atomic E-state index is 12.4. The number of rotatable bonds is 3. The highest BCUT2D eigenvalue weighted by molar-refractivity contribution is 6.19. The van der Waals surface area contributed by atoms with Gasteiger partial charge in [0.1, 0.15) is 6.54 Å². The molecule has 0 atom stereocenters. The van der Waals surface area contributed by atoms with Crippen molar-refractivity contribution in [2.45, 2.75) is 6.92 Å². The number of carbonyl (C=O) groups excluding carboxylic acids is 2. The summed E-state index contributed by atoms with van der Waals surface area (Å²) < 4.78 is 0. The number of carboxylic acid groups (broad SMARTS) is 1. The Bertz CT molecular complexity index is 798. The smallest absolute Gasteiger partial charge is 0.323 e. The van der Waals surface area contributed by atoms with E-state index in [1.807, 2.05) is 0 Å². The van der Waals surface area contributed by atoms with E-state index in [1.165, 1.54) is 13.0 Å². The van der Waals surface area contributed by atoms with Crippen LogP contribution in [0.5, 0.6) is 0 Å². The number of nitrogens with zero attached hydrogens (tertiary/aromatic N) is 2. The molecular formula is C16H13N3O4. The maximum Gasteiger partial charge on any atom is 0.323 e. The van der Waals surface area contributed by atoms with Gasteiger partial charge in [-0.15, -0.1) is 0 Å². The Hall–Kier alpha value is -3.40. The van der Waals surface area contributed by atoms with Crippen molar-refractivity contribution in [1.82, 2.24) is 4.90 Å². The fourth-order valence-corrected chi connectivity index (χ4v) is 2.15. The van der Waals surface area contributed by atoms with Crippen molar-refractivity contribution in [1.29, 1.82) is 0 Å². The lowest BCUT2D eigenvalue weighted by Crippen LogP contribution is -2.45. The molecule has 1 aromatic carbocycles. The van der Waals surface area contributed by atoms with Crippen molar-refractivity contribution >= 4 is 29.5 Å². The predicted molar refractivity (Wildman–Crippen MR) is 82.5 cm³/mol. The van der Waals surface area contributed by atoms with Crippen LogP contribution in [-0.2, 0) is 14.4 Å². The van der Waals surface area contributed by atoms with E-state index >= 15 is 0 Å². The molecule has 0 bridgehead atoms. The number of imide groups is 1. The molecule has 1 heterocycles. The highest BCUT2D eigenvalue weighted by atomic mass is 16.4. The average Bonchev–Trinajstić information content (AvgIpc) is 2.50. The van der Waals surface area contributed by atoms with Crippen molar-refractivity contribution in [2.75, 3.05) is 12.3 Å². The van der Waals surface area contributed by atoms with E-state index in [0.717, 1.165) is 0 Å². The average molecular weight is 311 g/mol. The molecule has 1 aromatic rings. The minimum atomic E-state index is -1.33. The van der Waals surface area contributed by atoms with Crippen LogP contribution in [0.3, 0.4) is 0 Å². The molecule has 0 aliphatic carbocycles. The molecule has 23 heavy (non-hydrogen) atoms. The van der Waals surface area contributed by atoms with E-state index in [1.54, 1.807) is 24.3 Å². The molecule has 0 aromatic heterocycles. The van der Waals surface area contributed by atoms with Crippen LogP contribution in [0.25, 0.3) is 10.9 Å². The second-order valence-corrected chi connectivity index (χ2v) is 4.90. The van der Waals surface area contributed by atoms with Crippen molar-refractivity contribution in [2.24, 2.45) is 0 Å². The second-order valence-electron chi connectivity index (χ2n) is 4.90. The lowest BCUT2D eigenvalue weighted by Gasteiger charge is -2.26. The molecule has 0 unspecified atom stereocenters. The summed E-state index contributed by atoms with van der Waals surface area (Å²) in [5, 5.41) is 8.86. The summed E-state index contributed by atoms with van der Waals surface area (Å²) in [4.78, 5) is 39.1. The fraction of sp³-hybridized carbons (Fsp3) is 0.125. The van der Waals surface area contributed by atoms with Crippen LogP contribution in [-0.4, -0.2) is 34.3 Å². The Morgan fingerprint density at radius 2 is 1.91 bits per heavy atom. The van der Waals surface area contributed by atoms with Crippen LogP contribution in [0.2, 0.25) is 0 Å². The van der Waals surface area contributed by atoms with E-state index in [9.17, 15) is 14.4 Å². The molecule has 0 saturated carbocycles. The topological polar surface area (TPSA) is 105 Å². The third-order valence-electron chi connectivity index (χ3n) is 3.34. The lowest BCUT2D eigenvalue weighted by molar-refractivity contribution is -0.149. The zero-order chi connectivity index (χ0) is 17.1. The Kier molecular flexibility index (Phi) is 4.27. The fourth-order valence-electron chi connectivity index (χ4n) is 2.15. The number of hydrogen-bond acceptors (Lipinski definition) is 4. The summed E-state index contributed by atoms with van der Waals surface area (Å²) in [5.74, 6) is -2.96. The first-order valence-electron chi connectivity index (χ1n) is 6.59. The molecule has 2 rings (SSSR count). The van der Waals surface area contributed by atoms with Gasteiger partial charge < -0.3 is 10.8 Å². The molecule has 7 heteroatoms. The van der Waals surface area contributed by atoms with Gasteiger partial charge in [0, 0.05) is 11.3 Å². The predicted octanol–water partition coefficient (Wildman–Crippen LogP) is 1.30. The summed E-state index contributed by atoms with van der Waals surface area (Å²) in [5.41, 5.74) is 6.89. The molecule has 0 spiro atoms. The molecule has 116 valence electrons. The first-order valence-corrected chi connectivity index (χ1v) is 6.59. The van der Waals surface area contributed by atoms with Crippen LogP contribution in [0.4, 0.5) is 5.69 Å². The number of carbonyl (C=O) groups is 3. The maximum atomic E-state index is 12.4. The van der Waals surface area contributed by atoms with Gasteiger partial charge in [-0.1, -0.05) is 12.1 Å². The van der Waals surface area contributed by atoms with Crippen molar-refractivity contribution in [3.05, 3.63) is 58.1 Å². The highest BCUT2D eigenvalue weighted by Gasteiger charge is 2.36. The monoisotopic (exact) mass is 311 g/mol. The number of nitrogen functional groups attached to an aromatic ring is 1. The minimum Gasteiger partial charge on any atom is -0.480 e. The molecule has 7 nitrogen and oxygen atoms in total. The van der Waals surface area contributed by atoms with Gasteiger partial charge in [-0.2, -0.15) is 0 Å². The molecule has 3 N–H and O–H groups in total. The van der Waals surface area contributed by atoms with Gasteiger partial charge in [0.2, 0.25) is 0 Å². The van der Waals surface area contributed by atoms with Crippen molar-refractivity contribution < 1.29 is 19.5 Å². The SMILES string of the molecule is [C-]#[N+]C1=C(C)/C(=C/c2ccc(N)cc2)C(=O)N(CC(=O)O)C1=O. The van der Waals surface area contributed by atoms with E-state index < -0.39 is 24.3 Å². The summed E-state index contributed by atoms with van der Waals surface area (Å²) >= 11 is 0. The molecule has 1 aliphatic heterocycles. The summed E-state index contributed by atoms with van der Waals surface area (Å²) in [7, 11) is 0. The van der Waals surface area contributed by atoms with Crippen LogP contribution in [0.1, 0.15) is 12.5 Å². The molecular weight excluding hydrogens is 298 g/mol.